The van der Waals surface area contributed by atoms with Crippen LogP contribution in [-0.4, -0.2) is 54.9 Å². The molecule has 1 aliphatic rings. The van der Waals surface area contributed by atoms with Crippen molar-refractivity contribution < 1.29 is 14.1 Å². The summed E-state index contributed by atoms with van der Waals surface area (Å²) in [7, 11) is 1.86. The van der Waals surface area contributed by atoms with Gasteiger partial charge in [-0.1, -0.05) is 35.5 Å². The van der Waals surface area contributed by atoms with E-state index in [0.717, 1.165) is 16.7 Å². The summed E-state index contributed by atoms with van der Waals surface area (Å²) in [5.41, 5.74) is 3.04. The Labute approximate surface area is 184 Å². The van der Waals surface area contributed by atoms with E-state index in [-0.39, 0.29) is 12.0 Å². The maximum Gasteiger partial charge on any atom is 0.316 e. The number of piperidine rings is 1. The number of benzene rings is 1. The Morgan fingerprint density at radius 2 is 1.78 bits per heavy atom. The summed E-state index contributed by atoms with van der Waals surface area (Å²) in [6, 6.07) is 11.6. The summed E-state index contributed by atoms with van der Waals surface area (Å²) < 4.78 is 13.0. The topological polar surface area (TPSA) is 99.2 Å². The van der Waals surface area contributed by atoms with Crippen LogP contribution in [0, 0.1) is 0 Å². The fourth-order valence-corrected chi connectivity index (χ4v) is 3.70. The predicted octanol–water partition coefficient (Wildman–Crippen LogP) is 3.22. The first kappa shape index (κ1) is 19.9. The summed E-state index contributed by atoms with van der Waals surface area (Å²) in [6.07, 6.45) is 8.49. The van der Waals surface area contributed by atoms with Gasteiger partial charge in [0.2, 0.25) is 0 Å². The summed E-state index contributed by atoms with van der Waals surface area (Å²) in [6.45, 7) is 1.15. The van der Waals surface area contributed by atoms with E-state index in [1.165, 1.54) is 0 Å². The molecule has 1 fully saturated rings. The minimum absolute atomic E-state index is 0.0412. The Bertz CT molecular complexity index is 1190. The maximum atomic E-state index is 12.8. The average Bonchev–Trinajstić information content (AvgIpc) is 3.50. The van der Waals surface area contributed by atoms with Crippen LogP contribution in [-0.2, 0) is 7.05 Å². The molecule has 32 heavy (non-hydrogen) atoms. The number of rotatable bonds is 5. The molecular weight excluding hydrogens is 408 g/mol. The Hall–Kier alpha value is -4.01. The highest BCUT2D eigenvalue weighted by Gasteiger charge is 2.27. The van der Waals surface area contributed by atoms with Crippen LogP contribution in [0.25, 0.3) is 22.5 Å². The average molecular weight is 430 g/mol. The molecule has 9 heteroatoms. The van der Waals surface area contributed by atoms with E-state index in [2.05, 4.69) is 20.2 Å². The first-order valence-electron chi connectivity index (χ1n) is 10.4. The molecule has 1 aliphatic heterocycles. The van der Waals surface area contributed by atoms with E-state index in [1.807, 2.05) is 43.6 Å². The van der Waals surface area contributed by atoms with Crippen molar-refractivity contribution in [2.45, 2.75) is 18.9 Å². The number of aryl methyl sites for hydroxylation is 1. The van der Waals surface area contributed by atoms with Gasteiger partial charge < -0.3 is 14.2 Å². The molecule has 0 saturated carbocycles. The van der Waals surface area contributed by atoms with E-state index in [1.54, 1.807) is 34.2 Å². The second kappa shape index (κ2) is 8.62. The van der Waals surface area contributed by atoms with Crippen molar-refractivity contribution in [3.05, 3.63) is 66.9 Å². The van der Waals surface area contributed by atoms with Crippen LogP contribution in [0.1, 0.15) is 23.3 Å². The van der Waals surface area contributed by atoms with E-state index in [0.29, 0.717) is 43.4 Å². The van der Waals surface area contributed by atoms with Crippen LogP contribution < -0.4 is 4.74 Å². The zero-order valence-corrected chi connectivity index (χ0v) is 17.6. The van der Waals surface area contributed by atoms with E-state index in [4.69, 9.17) is 9.26 Å². The Morgan fingerprint density at radius 3 is 2.47 bits per heavy atom. The molecule has 0 N–H and O–H groups in total. The van der Waals surface area contributed by atoms with Gasteiger partial charge in [0.1, 0.15) is 6.10 Å². The molecule has 1 saturated heterocycles. The van der Waals surface area contributed by atoms with Crippen molar-refractivity contribution in [3.63, 3.8) is 0 Å². The third kappa shape index (κ3) is 4.22. The van der Waals surface area contributed by atoms with E-state index >= 15 is 0 Å². The van der Waals surface area contributed by atoms with Gasteiger partial charge in [0.05, 0.1) is 6.20 Å². The monoisotopic (exact) mass is 430 g/mol. The minimum Gasteiger partial charge on any atom is -0.460 e. The molecule has 0 atom stereocenters. The Kier molecular flexibility index (Phi) is 5.37. The number of carbonyl (C=O) groups is 1. The molecule has 0 aliphatic carbocycles. The van der Waals surface area contributed by atoms with Gasteiger partial charge in [-0.3, -0.25) is 9.48 Å². The SMILES string of the molecule is Cn1cc(-c2cnc(OC3CCN(C(=O)c4cc(-c5ccccc5)on4)CC3)nc2)cn1. The Balaban J connectivity index is 1.16. The normalized spacial score (nSPS) is 14.5. The predicted molar refractivity (Wildman–Crippen MR) is 116 cm³/mol. The third-order valence-corrected chi connectivity index (χ3v) is 5.46. The molecule has 1 amide bonds. The number of hydrogen-bond donors (Lipinski definition) is 0. The fourth-order valence-electron chi connectivity index (χ4n) is 3.70. The molecule has 4 aromatic rings. The van der Waals surface area contributed by atoms with Gasteiger partial charge >= 0.3 is 6.01 Å². The van der Waals surface area contributed by atoms with Crippen molar-refractivity contribution in [2.24, 2.45) is 7.05 Å². The zero-order chi connectivity index (χ0) is 21.9. The van der Waals surface area contributed by atoms with E-state index < -0.39 is 0 Å². The zero-order valence-electron chi connectivity index (χ0n) is 17.6. The molecule has 0 bridgehead atoms. The lowest BCUT2D eigenvalue weighted by atomic mass is 10.1. The molecule has 9 nitrogen and oxygen atoms in total. The second-order valence-electron chi connectivity index (χ2n) is 7.71. The van der Waals surface area contributed by atoms with Crippen LogP contribution >= 0.6 is 0 Å². The number of carbonyl (C=O) groups excluding carboxylic acids is 1. The van der Waals surface area contributed by atoms with E-state index in [9.17, 15) is 4.79 Å². The lowest BCUT2D eigenvalue weighted by Gasteiger charge is -2.31. The van der Waals surface area contributed by atoms with Crippen molar-refractivity contribution in [3.8, 4) is 28.5 Å². The van der Waals surface area contributed by atoms with Crippen LogP contribution in [0.5, 0.6) is 6.01 Å². The number of nitrogens with zero attached hydrogens (tertiary/aromatic N) is 6. The van der Waals surface area contributed by atoms with Crippen LogP contribution in [0.2, 0.25) is 0 Å². The van der Waals surface area contributed by atoms with Crippen LogP contribution in [0.15, 0.2) is 65.7 Å². The largest absolute Gasteiger partial charge is 0.460 e. The number of hydrogen-bond acceptors (Lipinski definition) is 7. The van der Waals surface area contributed by atoms with Gasteiger partial charge in [0.25, 0.3) is 5.91 Å². The Morgan fingerprint density at radius 1 is 1.03 bits per heavy atom. The van der Waals surface area contributed by atoms with Gasteiger partial charge in [0.15, 0.2) is 11.5 Å². The van der Waals surface area contributed by atoms with Gasteiger partial charge in [0, 0.05) is 74.3 Å². The molecule has 4 heterocycles. The molecule has 0 spiro atoms. The van der Waals surface area contributed by atoms with Gasteiger partial charge in [-0.2, -0.15) is 5.10 Å². The number of aromatic nitrogens is 5. The quantitative estimate of drug-likeness (QED) is 0.479. The highest BCUT2D eigenvalue weighted by molar-refractivity contribution is 5.93. The van der Waals surface area contributed by atoms with Crippen LogP contribution in [0.4, 0.5) is 0 Å². The molecule has 162 valence electrons. The first-order valence-corrected chi connectivity index (χ1v) is 10.4. The smallest absolute Gasteiger partial charge is 0.316 e. The standard InChI is InChI=1S/C23H22N6O3/c1-28-15-18(14-26-28)17-12-24-23(25-13-17)31-19-7-9-29(10-8-19)22(30)20-11-21(32-27-20)16-5-3-2-4-6-16/h2-6,11-15,19H,7-10H2,1H3. The molecule has 0 radical (unpaired) electrons. The molecule has 3 aromatic heterocycles. The van der Waals surface area contributed by atoms with Crippen molar-refractivity contribution >= 4 is 5.91 Å². The fraction of sp³-hybridized carbons (Fsp3) is 0.261. The summed E-state index contributed by atoms with van der Waals surface area (Å²) >= 11 is 0. The van der Waals surface area contributed by atoms with Crippen molar-refractivity contribution in [2.75, 3.05) is 13.1 Å². The lowest BCUT2D eigenvalue weighted by molar-refractivity contribution is 0.0570. The molecule has 0 unspecified atom stereocenters. The summed E-state index contributed by atoms with van der Waals surface area (Å²) in [4.78, 5) is 23.2. The molecular formula is C23H22N6O3. The van der Waals surface area contributed by atoms with Gasteiger partial charge in [-0.15, -0.1) is 0 Å². The third-order valence-electron chi connectivity index (χ3n) is 5.46. The molecule has 1 aromatic carbocycles. The van der Waals surface area contributed by atoms with Gasteiger partial charge in [-0.25, -0.2) is 9.97 Å². The number of amides is 1. The van der Waals surface area contributed by atoms with Crippen LogP contribution in [0.3, 0.4) is 0 Å². The number of ether oxygens (including phenoxy) is 1. The second-order valence-corrected chi connectivity index (χ2v) is 7.71. The summed E-state index contributed by atoms with van der Waals surface area (Å²) in [5.74, 6) is 0.450. The lowest BCUT2D eigenvalue weighted by Crippen LogP contribution is -2.42. The van der Waals surface area contributed by atoms with Crippen molar-refractivity contribution in [1.29, 1.82) is 0 Å². The molecule has 5 rings (SSSR count). The minimum atomic E-state index is -0.133. The summed E-state index contributed by atoms with van der Waals surface area (Å²) in [5, 5.41) is 8.12. The highest BCUT2D eigenvalue weighted by atomic mass is 16.5. The number of likely N-dealkylation sites (tertiary alicyclic amines) is 1. The van der Waals surface area contributed by atoms with Crippen molar-refractivity contribution in [1.82, 2.24) is 29.8 Å². The first-order chi connectivity index (χ1) is 15.7. The van der Waals surface area contributed by atoms with Gasteiger partial charge in [-0.05, 0) is 0 Å². The highest BCUT2D eigenvalue weighted by Crippen LogP contribution is 2.23. The maximum absolute atomic E-state index is 12.8.